The first-order valence-electron chi connectivity index (χ1n) is 10.5. The molecule has 1 aliphatic rings. The zero-order valence-electron chi connectivity index (χ0n) is 18.9. The molecule has 0 atom stereocenters. The van der Waals surface area contributed by atoms with Crippen LogP contribution in [-0.4, -0.2) is 36.3 Å². The summed E-state index contributed by atoms with van der Waals surface area (Å²) in [7, 11) is 1.46. The van der Waals surface area contributed by atoms with Gasteiger partial charge in [0.1, 0.15) is 0 Å². The second-order valence-corrected chi connectivity index (χ2v) is 7.53. The minimum Gasteiger partial charge on any atom is -0.493 e. The number of ketones is 1. The molecule has 4 rings (SSSR count). The molecule has 35 heavy (non-hydrogen) atoms. The maximum Gasteiger partial charge on any atom is 0.363 e. The van der Waals surface area contributed by atoms with Gasteiger partial charge >= 0.3 is 5.97 Å². The summed E-state index contributed by atoms with van der Waals surface area (Å²) in [5, 5.41) is 11.2. The summed E-state index contributed by atoms with van der Waals surface area (Å²) in [5.74, 6) is -0.132. The molecule has 0 aromatic heterocycles. The maximum absolute atomic E-state index is 12.4. The highest BCUT2D eigenvalue weighted by Gasteiger charge is 2.27. The Balaban J connectivity index is 1.55. The van der Waals surface area contributed by atoms with E-state index in [2.05, 4.69) is 4.99 Å². The number of nitro groups is 1. The summed E-state index contributed by atoms with van der Waals surface area (Å²) in [6, 6.07) is 18.2. The van der Waals surface area contributed by atoms with Crippen LogP contribution in [0.3, 0.4) is 0 Å². The van der Waals surface area contributed by atoms with E-state index in [4.69, 9.17) is 14.2 Å². The predicted octanol–water partition coefficient (Wildman–Crippen LogP) is 4.52. The third-order valence-electron chi connectivity index (χ3n) is 5.30. The highest BCUT2D eigenvalue weighted by Crippen LogP contribution is 2.30. The SMILES string of the molecule is COc1cc(/C=C2\N=C(c3cccc([N+](=O)[O-])c3C)OC2=O)ccc1OCC(=O)c1ccccc1. The molecule has 0 saturated heterocycles. The Morgan fingerprint density at radius 2 is 1.86 bits per heavy atom. The molecular formula is C26H20N2O7. The third-order valence-corrected chi connectivity index (χ3v) is 5.30. The zero-order valence-corrected chi connectivity index (χ0v) is 18.9. The van der Waals surface area contributed by atoms with Gasteiger partial charge in [-0.1, -0.05) is 42.5 Å². The number of hydrogen-bond donors (Lipinski definition) is 0. The fourth-order valence-corrected chi connectivity index (χ4v) is 3.48. The van der Waals surface area contributed by atoms with Crippen molar-refractivity contribution in [2.45, 2.75) is 6.92 Å². The van der Waals surface area contributed by atoms with Crippen molar-refractivity contribution in [3.05, 3.63) is 105 Å². The van der Waals surface area contributed by atoms with Crippen molar-refractivity contribution in [1.82, 2.24) is 0 Å². The summed E-state index contributed by atoms with van der Waals surface area (Å²) in [4.78, 5) is 39.6. The molecule has 3 aromatic rings. The van der Waals surface area contributed by atoms with Gasteiger partial charge < -0.3 is 14.2 Å². The molecule has 3 aromatic carbocycles. The quantitative estimate of drug-likeness (QED) is 0.156. The number of hydrogen-bond acceptors (Lipinski definition) is 8. The Morgan fingerprint density at radius 1 is 1.09 bits per heavy atom. The average Bonchev–Trinajstić information content (AvgIpc) is 3.22. The van der Waals surface area contributed by atoms with Crippen molar-refractivity contribution >= 4 is 29.4 Å². The van der Waals surface area contributed by atoms with E-state index in [1.807, 2.05) is 6.07 Å². The standard InChI is InChI=1S/C26H20N2O7/c1-16-19(9-6-10-21(16)28(31)32)25-27-20(26(30)35-25)13-17-11-12-23(24(14-17)33-2)34-15-22(29)18-7-4-3-5-8-18/h3-14H,15H2,1-2H3/b20-13-. The van der Waals surface area contributed by atoms with Crippen molar-refractivity contribution in [2.24, 2.45) is 4.99 Å². The molecule has 9 nitrogen and oxygen atoms in total. The van der Waals surface area contributed by atoms with E-state index >= 15 is 0 Å². The smallest absolute Gasteiger partial charge is 0.363 e. The molecule has 176 valence electrons. The molecule has 0 N–H and O–H groups in total. The first kappa shape index (κ1) is 23.4. The lowest BCUT2D eigenvalue weighted by atomic mass is 10.1. The highest BCUT2D eigenvalue weighted by molar-refractivity contribution is 6.13. The number of carbonyl (C=O) groups is 2. The van der Waals surface area contributed by atoms with Crippen LogP contribution in [0.5, 0.6) is 11.5 Å². The van der Waals surface area contributed by atoms with Crippen molar-refractivity contribution in [3.8, 4) is 11.5 Å². The number of nitro benzene ring substituents is 1. The number of benzene rings is 3. The predicted molar refractivity (Wildman–Crippen MR) is 128 cm³/mol. The van der Waals surface area contributed by atoms with Gasteiger partial charge in [-0.2, -0.15) is 0 Å². The molecule has 1 heterocycles. The number of ether oxygens (including phenoxy) is 3. The van der Waals surface area contributed by atoms with Crippen molar-refractivity contribution in [1.29, 1.82) is 0 Å². The van der Waals surface area contributed by atoms with Crippen LogP contribution in [0.4, 0.5) is 5.69 Å². The largest absolute Gasteiger partial charge is 0.493 e. The van der Waals surface area contributed by atoms with E-state index in [9.17, 15) is 19.7 Å². The summed E-state index contributed by atoms with van der Waals surface area (Å²) in [6.45, 7) is 1.40. The van der Waals surface area contributed by atoms with Crippen LogP contribution in [-0.2, 0) is 9.53 Å². The molecular weight excluding hydrogens is 452 g/mol. The number of methoxy groups -OCH3 is 1. The van der Waals surface area contributed by atoms with Gasteiger partial charge in [-0.3, -0.25) is 14.9 Å². The maximum atomic E-state index is 12.4. The van der Waals surface area contributed by atoms with E-state index in [0.717, 1.165) is 0 Å². The number of carbonyl (C=O) groups excluding carboxylic acids is 2. The van der Waals surface area contributed by atoms with Crippen LogP contribution in [0.25, 0.3) is 6.08 Å². The Hall–Kier alpha value is -4.79. The summed E-state index contributed by atoms with van der Waals surface area (Å²) >= 11 is 0. The lowest BCUT2D eigenvalue weighted by Crippen LogP contribution is -2.11. The number of rotatable bonds is 8. The van der Waals surface area contributed by atoms with E-state index in [-0.39, 0.29) is 29.7 Å². The number of cyclic esters (lactones) is 1. The van der Waals surface area contributed by atoms with E-state index in [1.165, 1.54) is 25.3 Å². The molecule has 1 aliphatic heterocycles. The number of esters is 1. The van der Waals surface area contributed by atoms with E-state index in [0.29, 0.717) is 33.8 Å². The summed E-state index contributed by atoms with van der Waals surface area (Å²) in [6.07, 6.45) is 1.50. The third kappa shape index (κ3) is 5.09. The molecule has 0 bridgehead atoms. The minimum absolute atomic E-state index is 0.00575. The summed E-state index contributed by atoms with van der Waals surface area (Å²) in [5.41, 5.74) is 1.76. The lowest BCUT2D eigenvalue weighted by Gasteiger charge is -2.11. The topological polar surface area (TPSA) is 117 Å². The second-order valence-electron chi connectivity index (χ2n) is 7.53. The Bertz CT molecular complexity index is 1380. The second kappa shape index (κ2) is 10.0. The van der Waals surface area contributed by atoms with Gasteiger partial charge in [0.2, 0.25) is 5.90 Å². The summed E-state index contributed by atoms with van der Waals surface area (Å²) < 4.78 is 16.3. The van der Waals surface area contributed by atoms with Gasteiger partial charge in [0.15, 0.2) is 29.6 Å². The molecule has 0 fully saturated rings. The molecule has 0 unspecified atom stereocenters. The van der Waals surface area contributed by atoms with E-state index < -0.39 is 10.9 Å². The van der Waals surface area contributed by atoms with Crippen LogP contribution in [0.2, 0.25) is 0 Å². The molecule has 0 radical (unpaired) electrons. The lowest BCUT2D eigenvalue weighted by molar-refractivity contribution is -0.385. The fraction of sp³-hybridized carbons (Fsp3) is 0.115. The first-order chi connectivity index (χ1) is 16.9. The van der Waals surface area contributed by atoms with Crippen molar-refractivity contribution < 1.29 is 28.7 Å². The number of Topliss-reactive ketones (excluding diaryl/α,β-unsaturated/α-hetero) is 1. The molecule has 0 aliphatic carbocycles. The molecule has 9 heteroatoms. The van der Waals surface area contributed by atoms with Crippen LogP contribution in [0.15, 0.2) is 77.4 Å². The van der Waals surface area contributed by atoms with Crippen LogP contribution >= 0.6 is 0 Å². The molecule has 0 amide bonds. The van der Waals surface area contributed by atoms with Gasteiger partial charge in [0.05, 0.1) is 12.0 Å². The average molecular weight is 472 g/mol. The highest BCUT2D eigenvalue weighted by atomic mass is 16.6. The Kier molecular flexibility index (Phi) is 6.68. The Morgan fingerprint density at radius 3 is 2.57 bits per heavy atom. The van der Waals surface area contributed by atoms with Crippen LogP contribution in [0.1, 0.15) is 27.0 Å². The van der Waals surface area contributed by atoms with Gasteiger partial charge in [0.25, 0.3) is 5.69 Å². The number of aliphatic imine (C=N–C) groups is 1. The Labute approximate surface area is 200 Å². The minimum atomic E-state index is -0.682. The van der Waals surface area contributed by atoms with Gasteiger partial charge in [-0.15, -0.1) is 0 Å². The normalized spacial score (nSPS) is 13.8. The van der Waals surface area contributed by atoms with Gasteiger partial charge in [-0.05, 0) is 36.8 Å². The fourth-order valence-electron chi connectivity index (χ4n) is 3.48. The first-order valence-corrected chi connectivity index (χ1v) is 10.5. The molecule has 0 spiro atoms. The van der Waals surface area contributed by atoms with Crippen molar-refractivity contribution in [2.75, 3.05) is 13.7 Å². The van der Waals surface area contributed by atoms with Crippen LogP contribution < -0.4 is 9.47 Å². The molecule has 0 saturated carbocycles. The van der Waals surface area contributed by atoms with Gasteiger partial charge in [-0.25, -0.2) is 9.79 Å². The zero-order chi connectivity index (χ0) is 24.9. The van der Waals surface area contributed by atoms with Gasteiger partial charge in [0, 0.05) is 22.8 Å². The monoisotopic (exact) mass is 472 g/mol. The number of nitrogens with zero attached hydrogens (tertiary/aromatic N) is 2. The van der Waals surface area contributed by atoms with Crippen molar-refractivity contribution in [3.63, 3.8) is 0 Å². The van der Waals surface area contributed by atoms with E-state index in [1.54, 1.807) is 55.5 Å². The van der Waals surface area contributed by atoms with Crippen LogP contribution in [0, 0.1) is 17.0 Å².